The number of hydrogen-bond donors (Lipinski definition) is 2. The second kappa shape index (κ2) is 6.71. The summed E-state index contributed by atoms with van der Waals surface area (Å²) in [4.78, 5) is 0. The fraction of sp³-hybridized carbons (Fsp3) is 1.00. The third-order valence-electron chi connectivity index (χ3n) is 3.75. The highest BCUT2D eigenvalue weighted by atomic mass is 32.2. The molecule has 0 heterocycles. The van der Waals surface area contributed by atoms with Crippen LogP contribution in [-0.4, -0.2) is 33.8 Å². The quantitative estimate of drug-likeness (QED) is 0.710. The molecule has 1 fully saturated rings. The first-order valence-electron chi connectivity index (χ1n) is 6.56. The van der Waals surface area contributed by atoms with Crippen LogP contribution in [-0.2, 0) is 10.0 Å². The Morgan fingerprint density at radius 2 is 1.82 bits per heavy atom. The number of hydrogen-bond acceptors (Lipinski definition) is 3. The summed E-state index contributed by atoms with van der Waals surface area (Å²) >= 11 is 0. The minimum atomic E-state index is -3.02. The Kier molecular flexibility index (Phi) is 5.89. The standard InChI is InChI=1S/C12H26N2O2S/c1-10-5-6-12(9-11(10)2)13-7-4-8-14-17(3,15)16/h10-14H,4-9H2,1-3H3. The summed E-state index contributed by atoms with van der Waals surface area (Å²) in [6.45, 7) is 6.08. The van der Waals surface area contributed by atoms with Crippen LogP contribution in [0.15, 0.2) is 0 Å². The van der Waals surface area contributed by atoms with Gasteiger partial charge in [0.05, 0.1) is 6.26 Å². The van der Waals surface area contributed by atoms with Crippen LogP contribution in [0.5, 0.6) is 0 Å². The molecule has 17 heavy (non-hydrogen) atoms. The molecule has 0 aromatic rings. The van der Waals surface area contributed by atoms with E-state index in [4.69, 9.17) is 0 Å². The van der Waals surface area contributed by atoms with E-state index in [2.05, 4.69) is 23.9 Å². The van der Waals surface area contributed by atoms with Crippen molar-refractivity contribution in [1.29, 1.82) is 0 Å². The van der Waals surface area contributed by atoms with Crippen molar-refractivity contribution < 1.29 is 8.42 Å². The van der Waals surface area contributed by atoms with Crippen LogP contribution in [0.3, 0.4) is 0 Å². The molecule has 0 aromatic heterocycles. The summed E-state index contributed by atoms with van der Waals surface area (Å²) in [5.74, 6) is 1.65. The van der Waals surface area contributed by atoms with Gasteiger partial charge in [-0.2, -0.15) is 0 Å². The number of sulfonamides is 1. The van der Waals surface area contributed by atoms with Crippen LogP contribution in [0, 0.1) is 11.8 Å². The first kappa shape index (κ1) is 14.9. The summed E-state index contributed by atoms with van der Waals surface area (Å²) < 4.78 is 24.2. The predicted molar refractivity (Wildman–Crippen MR) is 71.4 cm³/mol. The molecule has 1 aliphatic rings. The molecule has 0 aliphatic heterocycles. The van der Waals surface area contributed by atoms with Gasteiger partial charge < -0.3 is 5.32 Å². The fourth-order valence-corrected chi connectivity index (χ4v) is 2.90. The highest BCUT2D eigenvalue weighted by Crippen LogP contribution is 2.29. The molecule has 3 atom stereocenters. The van der Waals surface area contributed by atoms with Gasteiger partial charge in [-0.05, 0) is 44.1 Å². The van der Waals surface area contributed by atoms with Crippen molar-refractivity contribution in [3.63, 3.8) is 0 Å². The van der Waals surface area contributed by atoms with Crippen LogP contribution >= 0.6 is 0 Å². The molecular weight excluding hydrogens is 236 g/mol. The van der Waals surface area contributed by atoms with Crippen molar-refractivity contribution in [3.8, 4) is 0 Å². The van der Waals surface area contributed by atoms with Gasteiger partial charge in [0.25, 0.3) is 0 Å². The minimum Gasteiger partial charge on any atom is -0.314 e. The Morgan fingerprint density at radius 1 is 1.12 bits per heavy atom. The lowest BCUT2D eigenvalue weighted by Gasteiger charge is -2.32. The van der Waals surface area contributed by atoms with Gasteiger partial charge >= 0.3 is 0 Å². The summed E-state index contributed by atoms with van der Waals surface area (Å²) in [6.07, 6.45) is 5.87. The van der Waals surface area contributed by atoms with Gasteiger partial charge in [0, 0.05) is 12.6 Å². The van der Waals surface area contributed by atoms with Gasteiger partial charge in [0.2, 0.25) is 10.0 Å². The maximum atomic E-state index is 10.8. The van der Waals surface area contributed by atoms with Gasteiger partial charge in [-0.15, -0.1) is 0 Å². The van der Waals surface area contributed by atoms with Gasteiger partial charge in [-0.1, -0.05) is 13.8 Å². The third kappa shape index (κ3) is 6.38. The van der Waals surface area contributed by atoms with Crippen molar-refractivity contribution in [2.45, 2.75) is 45.6 Å². The van der Waals surface area contributed by atoms with Crippen molar-refractivity contribution >= 4 is 10.0 Å². The highest BCUT2D eigenvalue weighted by Gasteiger charge is 2.23. The molecule has 0 saturated heterocycles. The fourth-order valence-electron chi connectivity index (χ4n) is 2.39. The molecule has 5 heteroatoms. The Bertz CT molecular complexity index is 316. The maximum Gasteiger partial charge on any atom is 0.208 e. The van der Waals surface area contributed by atoms with E-state index in [0.29, 0.717) is 12.6 Å². The van der Waals surface area contributed by atoms with E-state index in [0.717, 1.165) is 24.8 Å². The van der Waals surface area contributed by atoms with Crippen LogP contribution < -0.4 is 10.0 Å². The predicted octanol–water partition coefficient (Wildman–Crippen LogP) is 1.34. The Labute approximate surface area is 106 Å². The second-order valence-corrected chi connectivity index (χ2v) is 7.27. The number of rotatable bonds is 6. The molecule has 1 saturated carbocycles. The Hall–Kier alpha value is -0.130. The van der Waals surface area contributed by atoms with E-state index >= 15 is 0 Å². The normalized spacial score (nSPS) is 30.4. The molecule has 0 amide bonds. The van der Waals surface area contributed by atoms with E-state index in [1.54, 1.807) is 0 Å². The Balaban J connectivity index is 2.07. The minimum absolute atomic E-state index is 0.532. The van der Waals surface area contributed by atoms with Gasteiger partial charge in [-0.25, -0.2) is 13.1 Å². The van der Waals surface area contributed by atoms with Crippen molar-refractivity contribution in [1.82, 2.24) is 10.0 Å². The zero-order valence-corrected chi connectivity index (χ0v) is 12.0. The highest BCUT2D eigenvalue weighted by molar-refractivity contribution is 7.88. The average Bonchev–Trinajstić information content (AvgIpc) is 2.21. The lowest BCUT2D eigenvalue weighted by molar-refractivity contribution is 0.226. The van der Waals surface area contributed by atoms with Gasteiger partial charge in [-0.3, -0.25) is 0 Å². The topological polar surface area (TPSA) is 58.2 Å². The molecular formula is C12H26N2O2S. The van der Waals surface area contributed by atoms with Gasteiger partial charge in [0.15, 0.2) is 0 Å². The molecule has 0 bridgehead atoms. The molecule has 1 rings (SSSR count). The van der Waals surface area contributed by atoms with Crippen LogP contribution in [0.25, 0.3) is 0 Å². The van der Waals surface area contributed by atoms with Crippen molar-refractivity contribution in [3.05, 3.63) is 0 Å². The maximum absolute atomic E-state index is 10.8. The molecule has 3 unspecified atom stereocenters. The Morgan fingerprint density at radius 3 is 2.41 bits per heavy atom. The molecule has 1 aliphatic carbocycles. The largest absolute Gasteiger partial charge is 0.314 e. The zero-order valence-electron chi connectivity index (χ0n) is 11.2. The van der Waals surface area contributed by atoms with Crippen molar-refractivity contribution in [2.75, 3.05) is 19.3 Å². The SMILES string of the molecule is CC1CCC(NCCCNS(C)(=O)=O)CC1C. The zero-order chi connectivity index (χ0) is 12.9. The summed E-state index contributed by atoms with van der Waals surface area (Å²) in [5.41, 5.74) is 0. The van der Waals surface area contributed by atoms with Gasteiger partial charge in [0.1, 0.15) is 0 Å². The van der Waals surface area contributed by atoms with Crippen LogP contribution in [0.1, 0.15) is 39.5 Å². The van der Waals surface area contributed by atoms with E-state index < -0.39 is 10.0 Å². The monoisotopic (exact) mass is 262 g/mol. The lowest BCUT2D eigenvalue weighted by atomic mass is 9.79. The van der Waals surface area contributed by atoms with E-state index in [-0.39, 0.29) is 0 Å². The first-order valence-corrected chi connectivity index (χ1v) is 8.45. The van der Waals surface area contributed by atoms with E-state index in [1.165, 1.54) is 25.5 Å². The third-order valence-corrected chi connectivity index (χ3v) is 4.48. The summed E-state index contributed by atoms with van der Waals surface area (Å²) in [7, 11) is -3.02. The van der Waals surface area contributed by atoms with E-state index in [1.807, 2.05) is 0 Å². The molecule has 0 spiro atoms. The molecule has 102 valence electrons. The lowest BCUT2D eigenvalue weighted by Crippen LogP contribution is -2.37. The second-order valence-electron chi connectivity index (χ2n) is 5.44. The smallest absolute Gasteiger partial charge is 0.208 e. The molecule has 2 N–H and O–H groups in total. The molecule has 0 radical (unpaired) electrons. The summed E-state index contributed by atoms with van der Waals surface area (Å²) in [6, 6.07) is 0.624. The van der Waals surface area contributed by atoms with Crippen molar-refractivity contribution in [2.24, 2.45) is 11.8 Å². The molecule has 0 aromatic carbocycles. The van der Waals surface area contributed by atoms with Crippen LogP contribution in [0.4, 0.5) is 0 Å². The average molecular weight is 262 g/mol. The van der Waals surface area contributed by atoms with Crippen LogP contribution in [0.2, 0.25) is 0 Å². The first-order chi connectivity index (χ1) is 7.88. The summed E-state index contributed by atoms with van der Waals surface area (Å²) in [5, 5.41) is 3.52. The number of nitrogens with one attached hydrogen (secondary N) is 2. The van der Waals surface area contributed by atoms with E-state index in [9.17, 15) is 8.42 Å². The molecule has 4 nitrogen and oxygen atoms in total.